The number of hydrogen-bond donors (Lipinski definition) is 2. The van der Waals surface area contributed by atoms with E-state index in [2.05, 4.69) is 10.4 Å². The molecule has 2 amide bonds. The van der Waals surface area contributed by atoms with Gasteiger partial charge in [-0.1, -0.05) is 12.1 Å². The van der Waals surface area contributed by atoms with Crippen molar-refractivity contribution < 1.29 is 14.3 Å². The number of nitrogens with one attached hydrogen (secondary N) is 1. The lowest BCUT2D eigenvalue weighted by molar-refractivity contribution is -0.119. The number of ether oxygens (including phenoxy) is 1. The highest BCUT2D eigenvalue weighted by atomic mass is 16.5. The molecule has 0 saturated carbocycles. The first-order chi connectivity index (χ1) is 13.9. The van der Waals surface area contributed by atoms with E-state index in [-0.39, 0.29) is 12.5 Å². The average Bonchev–Trinajstić information content (AvgIpc) is 3.13. The highest BCUT2D eigenvalue weighted by Crippen LogP contribution is 2.17. The third kappa shape index (κ3) is 5.35. The normalized spacial score (nSPS) is 10.4. The Kier molecular flexibility index (Phi) is 6.13. The van der Waals surface area contributed by atoms with Crippen molar-refractivity contribution in [3.8, 4) is 5.75 Å². The molecule has 0 aliphatic carbocycles. The van der Waals surface area contributed by atoms with Gasteiger partial charge in [0.1, 0.15) is 11.6 Å². The lowest BCUT2D eigenvalue weighted by Gasteiger charge is -2.13. The molecule has 0 aliphatic rings. The summed E-state index contributed by atoms with van der Waals surface area (Å²) in [4.78, 5) is 25.3. The van der Waals surface area contributed by atoms with Gasteiger partial charge < -0.3 is 20.7 Å². The molecule has 29 heavy (non-hydrogen) atoms. The number of carbonyl (C=O) groups is 2. The Labute approximate surface area is 168 Å². The minimum atomic E-state index is -0.559. The molecule has 0 aliphatic heterocycles. The van der Waals surface area contributed by atoms with Gasteiger partial charge in [0.25, 0.3) is 11.8 Å². The van der Waals surface area contributed by atoms with Gasteiger partial charge in [0, 0.05) is 31.4 Å². The molecule has 0 radical (unpaired) electrons. The number of amides is 2. The molecule has 8 nitrogen and oxygen atoms in total. The molecule has 0 fully saturated rings. The summed E-state index contributed by atoms with van der Waals surface area (Å²) in [5, 5.41) is 7.16. The Bertz CT molecular complexity index is 978. The van der Waals surface area contributed by atoms with Crippen molar-refractivity contribution in [2.75, 3.05) is 30.9 Å². The van der Waals surface area contributed by atoms with Gasteiger partial charge in [0.05, 0.1) is 12.7 Å². The van der Waals surface area contributed by atoms with E-state index in [1.54, 1.807) is 41.2 Å². The van der Waals surface area contributed by atoms with Crippen LogP contribution in [-0.4, -0.2) is 42.3 Å². The van der Waals surface area contributed by atoms with E-state index in [4.69, 9.17) is 10.5 Å². The number of nitrogens with zero attached hydrogens (tertiary/aromatic N) is 3. The Morgan fingerprint density at radius 3 is 2.38 bits per heavy atom. The summed E-state index contributed by atoms with van der Waals surface area (Å²) in [5.41, 5.74) is 7.69. The van der Waals surface area contributed by atoms with Crippen molar-refractivity contribution >= 4 is 23.3 Å². The molecule has 0 bridgehead atoms. The quantitative estimate of drug-likeness (QED) is 0.610. The monoisotopic (exact) mass is 393 g/mol. The molecule has 3 rings (SSSR count). The van der Waals surface area contributed by atoms with Gasteiger partial charge in [-0.25, -0.2) is 4.68 Å². The number of nitrogens with two attached hydrogens (primary N) is 1. The summed E-state index contributed by atoms with van der Waals surface area (Å²) in [5.74, 6) is 0.236. The van der Waals surface area contributed by atoms with E-state index in [1.165, 1.54) is 0 Å². The van der Waals surface area contributed by atoms with E-state index in [0.717, 1.165) is 11.3 Å². The van der Waals surface area contributed by atoms with E-state index >= 15 is 0 Å². The van der Waals surface area contributed by atoms with Crippen LogP contribution in [0, 0.1) is 0 Å². The predicted octanol–water partition coefficient (Wildman–Crippen LogP) is 2.11. The first-order valence-electron chi connectivity index (χ1n) is 9.03. The molecule has 8 heteroatoms. The topological polar surface area (TPSA) is 102 Å². The largest absolute Gasteiger partial charge is 0.484 e. The Morgan fingerprint density at radius 2 is 1.76 bits per heavy atom. The Morgan fingerprint density at radius 1 is 1.07 bits per heavy atom. The summed E-state index contributed by atoms with van der Waals surface area (Å²) in [6, 6.07) is 16.4. The first kappa shape index (κ1) is 19.9. The third-order valence-electron chi connectivity index (χ3n) is 4.24. The summed E-state index contributed by atoms with van der Waals surface area (Å²) >= 11 is 0. The van der Waals surface area contributed by atoms with Crippen molar-refractivity contribution in [2.45, 2.75) is 6.54 Å². The summed E-state index contributed by atoms with van der Waals surface area (Å²) in [7, 11) is 3.99. The molecule has 0 saturated heterocycles. The Balaban J connectivity index is 1.64. The molecule has 3 N–H and O–H groups in total. The molecule has 3 aromatic rings. The third-order valence-corrected chi connectivity index (χ3v) is 4.24. The second-order valence-corrected chi connectivity index (χ2v) is 6.67. The minimum Gasteiger partial charge on any atom is -0.484 e. The predicted molar refractivity (Wildman–Crippen MR) is 111 cm³/mol. The number of rotatable bonds is 8. The van der Waals surface area contributed by atoms with Crippen LogP contribution in [0.1, 0.15) is 15.9 Å². The highest BCUT2D eigenvalue weighted by Gasteiger charge is 2.11. The van der Waals surface area contributed by atoms with E-state index in [9.17, 15) is 9.59 Å². The SMILES string of the molecule is CN(C)c1ccc(Cn2nccc2NC(=O)c2ccc(OCC(N)=O)cc2)cc1. The van der Waals surface area contributed by atoms with Gasteiger partial charge >= 0.3 is 0 Å². The van der Waals surface area contributed by atoms with Crippen LogP contribution in [-0.2, 0) is 11.3 Å². The fourth-order valence-corrected chi connectivity index (χ4v) is 2.68. The fourth-order valence-electron chi connectivity index (χ4n) is 2.68. The van der Waals surface area contributed by atoms with Crippen molar-refractivity contribution in [2.24, 2.45) is 5.73 Å². The summed E-state index contributed by atoms with van der Waals surface area (Å²) in [6.45, 7) is 0.330. The van der Waals surface area contributed by atoms with E-state index in [1.807, 2.05) is 43.3 Å². The number of primary amides is 1. The number of carbonyl (C=O) groups excluding carboxylic acids is 2. The minimum absolute atomic E-state index is 0.208. The number of aromatic nitrogens is 2. The fraction of sp³-hybridized carbons (Fsp3) is 0.190. The van der Waals surface area contributed by atoms with Crippen molar-refractivity contribution in [3.05, 3.63) is 71.9 Å². The van der Waals surface area contributed by atoms with Gasteiger partial charge in [0.2, 0.25) is 0 Å². The van der Waals surface area contributed by atoms with Gasteiger partial charge in [-0.3, -0.25) is 9.59 Å². The van der Waals surface area contributed by atoms with Crippen LogP contribution in [0.25, 0.3) is 0 Å². The maximum Gasteiger partial charge on any atom is 0.256 e. The molecular formula is C21H23N5O3. The molecule has 0 atom stereocenters. The zero-order valence-corrected chi connectivity index (χ0v) is 16.3. The van der Waals surface area contributed by atoms with Crippen molar-refractivity contribution in [3.63, 3.8) is 0 Å². The smallest absolute Gasteiger partial charge is 0.256 e. The van der Waals surface area contributed by atoms with Crippen molar-refractivity contribution in [1.29, 1.82) is 0 Å². The van der Waals surface area contributed by atoms with Gasteiger partial charge in [-0.15, -0.1) is 0 Å². The van der Waals surface area contributed by atoms with Crippen LogP contribution in [0.4, 0.5) is 11.5 Å². The maximum absolute atomic E-state index is 12.5. The lowest BCUT2D eigenvalue weighted by atomic mass is 10.2. The van der Waals surface area contributed by atoms with Crippen LogP contribution in [0.5, 0.6) is 5.75 Å². The van der Waals surface area contributed by atoms with Gasteiger partial charge in [0.15, 0.2) is 6.61 Å². The molecule has 0 unspecified atom stereocenters. The second-order valence-electron chi connectivity index (χ2n) is 6.67. The van der Waals surface area contributed by atoms with Crippen LogP contribution in [0.15, 0.2) is 60.8 Å². The van der Waals surface area contributed by atoms with E-state index < -0.39 is 5.91 Å². The first-order valence-corrected chi connectivity index (χ1v) is 9.03. The number of benzene rings is 2. The highest BCUT2D eigenvalue weighted by molar-refractivity contribution is 6.03. The summed E-state index contributed by atoms with van der Waals surface area (Å²) < 4.78 is 6.92. The van der Waals surface area contributed by atoms with Crippen LogP contribution in [0.3, 0.4) is 0 Å². The van der Waals surface area contributed by atoms with Gasteiger partial charge in [-0.05, 0) is 42.0 Å². The van der Waals surface area contributed by atoms with Crippen molar-refractivity contribution in [1.82, 2.24) is 9.78 Å². The average molecular weight is 393 g/mol. The molecule has 0 spiro atoms. The van der Waals surface area contributed by atoms with Crippen LogP contribution >= 0.6 is 0 Å². The molecule has 1 heterocycles. The number of anilines is 2. The van der Waals surface area contributed by atoms with Gasteiger partial charge in [-0.2, -0.15) is 5.10 Å². The van der Waals surface area contributed by atoms with Crippen LogP contribution < -0.4 is 20.7 Å². The molecule has 1 aromatic heterocycles. The molecular weight excluding hydrogens is 370 g/mol. The zero-order valence-electron chi connectivity index (χ0n) is 16.3. The molecule has 150 valence electrons. The maximum atomic E-state index is 12.5. The number of hydrogen-bond acceptors (Lipinski definition) is 5. The summed E-state index contributed by atoms with van der Waals surface area (Å²) in [6.07, 6.45) is 1.64. The van der Waals surface area contributed by atoms with Crippen LogP contribution in [0.2, 0.25) is 0 Å². The van der Waals surface area contributed by atoms with E-state index in [0.29, 0.717) is 23.7 Å². The standard InChI is InChI=1S/C21H23N5O3/c1-25(2)17-7-3-15(4-8-17)13-26-20(11-12-23-26)24-21(28)16-5-9-18(10-6-16)29-14-19(22)27/h3-12H,13-14H2,1-2H3,(H2,22,27)(H,24,28). The Hall–Kier alpha value is -3.81. The second kappa shape index (κ2) is 8.92. The lowest BCUT2D eigenvalue weighted by Crippen LogP contribution is -2.20. The zero-order chi connectivity index (χ0) is 20.8. The molecule has 2 aromatic carbocycles.